The molecule has 0 spiro atoms. The number of nitrogens with two attached hydrogens (primary N) is 1. The molecule has 0 aliphatic rings. The van der Waals surface area contributed by atoms with Gasteiger partial charge in [-0.25, -0.2) is 9.97 Å². The SMILES string of the molecule is Nc1nc(-c2ccoc2)c2[nH]cnc2n1. The monoisotopic (exact) mass is 201 g/mol. The van der Waals surface area contributed by atoms with Crippen LogP contribution in [0, 0.1) is 0 Å². The molecule has 0 aromatic carbocycles. The number of hydrogen-bond donors (Lipinski definition) is 2. The lowest BCUT2D eigenvalue weighted by Crippen LogP contribution is -1.97. The lowest BCUT2D eigenvalue weighted by atomic mass is 10.2. The Balaban J connectivity index is 2.38. The summed E-state index contributed by atoms with van der Waals surface area (Å²) >= 11 is 0. The highest BCUT2D eigenvalue weighted by Crippen LogP contribution is 2.24. The Kier molecular flexibility index (Phi) is 1.49. The van der Waals surface area contributed by atoms with Crippen LogP contribution in [0.1, 0.15) is 0 Å². The molecule has 0 aliphatic heterocycles. The van der Waals surface area contributed by atoms with Gasteiger partial charge in [-0.15, -0.1) is 0 Å². The molecule has 0 saturated heterocycles. The Bertz CT molecular complexity index is 598. The molecule has 0 bridgehead atoms. The first-order valence-electron chi connectivity index (χ1n) is 4.34. The van der Waals surface area contributed by atoms with Crippen LogP contribution in [0.2, 0.25) is 0 Å². The van der Waals surface area contributed by atoms with Crippen molar-refractivity contribution in [3.8, 4) is 11.3 Å². The number of imidazole rings is 1. The molecule has 3 N–H and O–H groups in total. The molecule has 0 atom stereocenters. The second-order valence-electron chi connectivity index (χ2n) is 3.04. The summed E-state index contributed by atoms with van der Waals surface area (Å²) in [6.07, 6.45) is 4.74. The predicted octanol–water partition coefficient (Wildman–Crippen LogP) is 1.20. The predicted molar refractivity (Wildman–Crippen MR) is 53.8 cm³/mol. The van der Waals surface area contributed by atoms with E-state index in [4.69, 9.17) is 10.2 Å². The van der Waals surface area contributed by atoms with Crippen molar-refractivity contribution in [1.82, 2.24) is 19.9 Å². The second kappa shape index (κ2) is 2.81. The van der Waals surface area contributed by atoms with E-state index in [0.717, 1.165) is 11.1 Å². The van der Waals surface area contributed by atoms with Gasteiger partial charge in [-0.2, -0.15) is 4.98 Å². The number of nitrogens with zero attached hydrogens (tertiary/aromatic N) is 3. The van der Waals surface area contributed by atoms with Crippen molar-refractivity contribution in [2.75, 3.05) is 5.73 Å². The first-order chi connectivity index (χ1) is 7.34. The molecular formula is C9H7N5O. The van der Waals surface area contributed by atoms with Gasteiger partial charge in [0.1, 0.15) is 11.2 Å². The molecule has 3 rings (SSSR count). The molecule has 74 valence electrons. The van der Waals surface area contributed by atoms with E-state index in [1.165, 1.54) is 0 Å². The number of anilines is 1. The van der Waals surface area contributed by atoms with Crippen molar-refractivity contribution >= 4 is 17.1 Å². The van der Waals surface area contributed by atoms with E-state index in [1.54, 1.807) is 18.9 Å². The maximum atomic E-state index is 5.58. The molecule has 0 fully saturated rings. The summed E-state index contributed by atoms with van der Waals surface area (Å²) in [5.41, 5.74) is 8.44. The average Bonchev–Trinajstić information content (AvgIpc) is 2.86. The van der Waals surface area contributed by atoms with Gasteiger partial charge in [-0.3, -0.25) is 0 Å². The zero-order valence-electron chi connectivity index (χ0n) is 7.64. The van der Waals surface area contributed by atoms with Crippen molar-refractivity contribution in [2.45, 2.75) is 0 Å². The maximum absolute atomic E-state index is 5.58. The van der Waals surface area contributed by atoms with Crippen LogP contribution in [0.4, 0.5) is 5.95 Å². The molecular weight excluding hydrogens is 194 g/mol. The molecule has 3 aromatic heterocycles. The van der Waals surface area contributed by atoms with Crippen molar-refractivity contribution in [3.05, 3.63) is 24.9 Å². The lowest BCUT2D eigenvalue weighted by molar-refractivity contribution is 0.568. The first kappa shape index (κ1) is 7.98. The highest BCUT2D eigenvalue weighted by atomic mass is 16.3. The van der Waals surface area contributed by atoms with Crippen LogP contribution in [-0.4, -0.2) is 19.9 Å². The number of hydrogen-bond acceptors (Lipinski definition) is 5. The Morgan fingerprint density at radius 3 is 3.07 bits per heavy atom. The number of aromatic amines is 1. The molecule has 6 nitrogen and oxygen atoms in total. The Hall–Kier alpha value is -2.37. The summed E-state index contributed by atoms with van der Waals surface area (Å²) < 4.78 is 5.00. The van der Waals surface area contributed by atoms with Crippen LogP contribution in [0.25, 0.3) is 22.4 Å². The highest BCUT2D eigenvalue weighted by molar-refractivity contribution is 5.87. The standard InChI is InChI=1S/C9H7N5O/c10-9-13-6(5-1-2-15-3-5)7-8(14-9)12-4-11-7/h1-4H,(H3,10,11,12,13,14). The fourth-order valence-electron chi connectivity index (χ4n) is 1.46. The molecule has 0 unspecified atom stereocenters. The van der Waals surface area contributed by atoms with E-state index in [1.807, 2.05) is 6.07 Å². The average molecular weight is 201 g/mol. The third kappa shape index (κ3) is 1.15. The van der Waals surface area contributed by atoms with Gasteiger partial charge in [0.15, 0.2) is 5.65 Å². The molecule has 0 saturated carbocycles. The van der Waals surface area contributed by atoms with E-state index >= 15 is 0 Å². The van der Waals surface area contributed by atoms with Gasteiger partial charge >= 0.3 is 0 Å². The number of H-pyrrole nitrogens is 1. The normalized spacial score (nSPS) is 10.9. The Labute approximate surface area is 84.2 Å². The first-order valence-corrected chi connectivity index (χ1v) is 4.34. The third-order valence-electron chi connectivity index (χ3n) is 2.10. The zero-order valence-corrected chi connectivity index (χ0v) is 7.64. The van der Waals surface area contributed by atoms with Crippen LogP contribution in [0.5, 0.6) is 0 Å². The van der Waals surface area contributed by atoms with Crippen molar-refractivity contribution in [3.63, 3.8) is 0 Å². The van der Waals surface area contributed by atoms with Crippen molar-refractivity contribution < 1.29 is 4.42 Å². The van der Waals surface area contributed by atoms with Crippen LogP contribution >= 0.6 is 0 Å². The van der Waals surface area contributed by atoms with E-state index in [2.05, 4.69) is 19.9 Å². The zero-order chi connectivity index (χ0) is 10.3. The molecule has 15 heavy (non-hydrogen) atoms. The topological polar surface area (TPSA) is 93.6 Å². The summed E-state index contributed by atoms with van der Waals surface area (Å²) in [6.45, 7) is 0. The summed E-state index contributed by atoms with van der Waals surface area (Å²) in [7, 11) is 0. The van der Waals surface area contributed by atoms with E-state index in [9.17, 15) is 0 Å². The fraction of sp³-hybridized carbons (Fsp3) is 0. The molecule has 6 heteroatoms. The smallest absolute Gasteiger partial charge is 0.222 e. The minimum Gasteiger partial charge on any atom is -0.472 e. The van der Waals surface area contributed by atoms with Crippen LogP contribution < -0.4 is 5.73 Å². The van der Waals surface area contributed by atoms with Gasteiger partial charge in [0.2, 0.25) is 5.95 Å². The number of fused-ring (bicyclic) bond motifs is 1. The number of nitrogen functional groups attached to an aromatic ring is 1. The van der Waals surface area contributed by atoms with Gasteiger partial charge in [0.05, 0.1) is 18.9 Å². The highest BCUT2D eigenvalue weighted by Gasteiger charge is 2.10. The molecule has 3 aromatic rings. The van der Waals surface area contributed by atoms with E-state index in [-0.39, 0.29) is 5.95 Å². The largest absolute Gasteiger partial charge is 0.472 e. The number of rotatable bonds is 1. The lowest BCUT2D eigenvalue weighted by Gasteiger charge is -1.98. The van der Waals surface area contributed by atoms with Crippen LogP contribution in [0.3, 0.4) is 0 Å². The minimum atomic E-state index is 0.200. The minimum absolute atomic E-state index is 0.200. The van der Waals surface area contributed by atoms with Gasteiger partial charge in [0.25, 0.3) is 0 Å². The Morgan fingerprint density at radius 1 is 1.33 bits per heavy atom. The van der Waals surface area contributed by atoms with Gasteiger partial charge < -0.3 is 15.1 Å². The third-order valence-corrected chi connectivity index (χ3v) is 2.10. The summed E-state index contributed by atoms with van der Waals surface area (Å²) in [6, 6.07) is 1.81. The number of aromatic nitrogens is 4. The van der Waals surface area contributed by atoms with Gasteiger partial charge in [-0.1, -0.05) is 0 Å². The van der Waals surface area contributed by atoms with Crippen LogP contribution in [0.15, 0.2) is 29.3 Å². The summed E-state index contributed by atoms with van der Waals surface area (Å²) in [5.74, 6) is 0.200. The molecule has 0 radical (unpaired) electrons. The molecule has 3 heterocycles. The maximum Gasteiger partial charge on any atom is 0.222 e. The fourth-order valence-corrected chi connectivity index (χ4v) is 1.46. The number of nitrogens with one attached hydrogen (secondary N) is 1. The summed E-state index contributed by atoms with van der Waals surface area (Å²) in [5, 5.41) is 0. The summed E-state index contributed by atoms with van der Waals surface area (Å²) in [4.78, 5) is 15.2. The number of furan rings is 1. The van der Waals surface area contributed by atoms with Gasteiger partial charge in [0, 0.05) is 5.56 Å². The second-order valence-corrected chi connectivity index (χ2v) is 3.04. The molecule has 0 aliphatic carbocycles. The quantitative estimate of drug-likeness (QED) is 0.616. The van der Waals surface area contributed by atoms with E-state index in [0.29, 0.717) is 11.3 Å². The molecule has 0 amide bonds. The van der Waals surface area contributed by atoms with Crippen molar-refractivity contribution in [2.24, 2.45) is 0 Å². The van der Waals surface area contributed by atoms with Gasteiger partial charge in [-0.05, 0) is 6.07 Å². The van der Waals surface area contributed by atoms with Crippen LogP contribution in [-0.2, 0) is 0 Å². The Morgan fingerprint density at radius 2 is 2.27 bits per heavy atom. The van der Waals surface area contributed by atoms with Crippen molar-refractivity contribution in [1.29, 1.82) is 0 Å². The van der Waals surface area contributed by atoms with E-state index < -0.39 is 0 Å².